The first kappa shape index (κ1) is 16.0. The van der Waals surface area contributed by atoms with Gasteiger partial charge in [0.15, 0.2) is 0 Å². The van der Waals surface area contributed by atoms with E-state index in [9.17, 15) is 13.2 Å². The molecule has 0 aliphatic carbocycles. The van der Waals surface area contributed by atoms with E-state index in [1.54, 1.807) is 11.3 Å². The van der Waals surface area contributed by atoms with Crippen molar-refractivity contribution in [2.24, 2.45) is 0 Å². The molecule has 1 atom stereocenters. The first-order chi connectivity index (χ1) is 10.0. The lowest BCUT2D eigenvalue weighted by molar-refractivity contribution is -0.138. The van der Waals surface area contributed by atoms with Gasteiger partial charge in [-0.1, -0.05) is 13.0 Å². The minimum atomic E-state index is -4.36. The molecular formula is C15H17F3N2S. The number of rotatable bonds is 6. The van der Waals surface area contributed by atoms with Crippen LogP contribution in [-0.2, 0) is 12.6 Å². The summed E-state index contributed by atoms with van der Waals surface area (Å²) in [7, 11) is 0. The number of halogens is 3. The van der Waals surface area contributed by atoms with Crippen molar-refractivity contribution in [3.63, 3.8) is 0 Å². The maximum Gasteiger partial charge on any atom is 0.416 e. The highest BCUT2D eigenvalue weighted by Gasteiger charge is 2.35. The fourth-order valence-corrected chi connectivity index (χ4v) is 2.94. The van der Waals surface area contributed by atoms with Crippen LogP contribution in [0.15, 0.2) is 36.0 Å². The number of thiophene rings is 1. The van der Waals surface area contributed by atoms with Gasteiger partial charge in [0.25, 0.3) is 0 Å². The standard InChI is InChI=1S/C15H17F3N2S/c1-2-6-20-14(9-11-4-3-8-21-11)12-10-19-7-5-13(12)15(16,17)18/h3-5,7-8,10,14,20H,2,6,9H2,1H3. The Bertz CT molecular complexity index is 552. The van der Waals surface area contributed by atoms with E-state index in [1.165, 1.54) is 12.4 Å². The Morgan fingerprint density at radius 1 is 1.33 bits per heavy atom. The van der Waals surface area contributed by atoms with Gasteiger partial charge < -0.3 is 5.32 Å². The van der Waals surface area contributed by atoms with Gasteiger partial charge in [-0.25, -0.2) is 0 Å². The molecule has 2 aromatic rings. The summed E-state index contributed by atoms with van der Waals surface area (Å²) in [6.07, 6.45) is -0.451. The molecule has 0 saturated heterocycles. The number of nitrogens with one attached hydrogen (secondary N) is 1. The molecule has 2 aromatic heterocycles. The molecule has 2 rings (SSSR count). The maximum atomic E-state index is 13.2. The third kappa shape index (κ3) is 4.28. The second-order valence-corrected chi connectivity index (χ2v) is 5.78. The minimum Gasteiger partial charge on any atom is -0.310 e. The van der Waals surface area contributed by atoms with E-state index < -0.39 is 11.7 Å². The number of pyridine rings is 1. The van der Waals surface area contributed by atoms with Gasteiger partial charge in [0, 0.05) is 29.7 Å². The number of alkyl halides is 3. The summed E-state index contributed by atoms with van der Waals surface area (Å²) in [6, 6.07) is 4.51. The third-order valence-corrected chi connectivity index (χ3v) is 4.06. The van der Waals surface area contributed by atoms with Crippen LogP contribution in [0.25, 0.3) is 0 Å². The van der Waals surface area contributed by atoms with E-state index in [1.807, 2.05) is 24.4 Å². The largest absolute Gasteiger partial charge is 0.416 e. The van der Waals surface area contributed by atoms with Gasteiger partial charge in [-0.15, -0.1) is 11.3 Å². The van der Waals surface area contributed by atoms with Crippen LogP contribution < -0.4 is 5.32 Å². The molecule has 21 heavy (non-hydrogen) atoms. The summed E-state index contributed by atoms with van der Waals surface area (Å²) < 4.78 is 39.5. The van der Waals surface area contributed by atoms with Crippen molar-refractivity contribution < 1.29 is 13.2 Å². The number of hydrogen-bond acceptors (Lipinski definition) is 3. The van der Waals surface area contributed by atoms with Crippen LogP contribution >= 0.6 is 11.3 Å². The predicted molar refractivity (Wildman–Crippen MR) is 78.3 cm³/mol. The predicted octanol–water partition coefficient (Wildman–Crippen LogP) is 4.45. The van der Waals surface area contributed by atoms with Crippen LogP contribution in [0, 0.1) is 0 Å². The molecule has 1 N–H and O–H groups in total. The molecule has 0 bridgehead atoms. The molecule has 2 heterocycles. The molecule has 0 aliphatic heterocycles. The van der Waals surface area contributed by atoms with Gasteiger partial charge in [-0.2, -0.15) is 13.2 Å². The molecule has 0 spiro atoms. The summed E-state index contributed by atoms with van der Waals surface area (Å²) in [4.78, 5) is 4.94. The molecule has 0 saturated carbocycles. The second kappa shape index (κ2) is 7.04. The third-order valence-electron chi connectivity index (χ3n) is 3.16. The highest BCUT2D eigenvalue weighted by molar-refractivity contribution is 7.09. The average molecular weight is 314 g/mol. The van der Waals surface area contributed by atoms with E-state index in [4.69, 9.17) is 0 Å². The highest BCUT2D eigenvalue weighted by Crippen LogP contribution is 2.35. The first-order valence-corrected chi connectivity index (χ1v) is 7.67. The van der Waals surface area contributed by atoms with Gasteiger partial charge in [-0.3, -0.25) is 4.98 Å². The highest BCUT2D eigenvalue weighted by atomic mass is 32.1. The zero-order valence-corrected chi connectivity index (χ0v) is 12.5. The molecule has 0 amide bonds. The van der Waals surface area contributed by atoms with E-state index in [0.29, 0.717) is 13.0 Å². The lowest BCUT2D eigenvalue weighted by atomic mass is 9.99. The van der Waals surface area contributed by atoms with Crippen LogP contribution in [0.3, 0.4) is 0 Å². The van der Waals surface area contributed by atoms with Crippen molar-refractivity contribution >= 4 is 11.3 Å². The zero-order chi connectivity index (χ0) is 15.3. The lowest BCUT2D eigenvalue weighted by Crippen LogP contribution is -2.26. The first-order valence-electron chi connectivity index (χ1n) is 6.79. The molecule has 0 aromatic carbocycles. The second-order valence-electron chi connectivity index (χ2n) is 4.75. The van der Waals surface area contributed by atoms with E-state index in [2.05, 4.69) is 10.3 Å². The Morgan fingerprint density at radius 3 is 2.76 bits per heavy atom. The van der Waals surface area contributed by atoms with Crippen molar-refractivity contribution in [1.82, 2.24) is 10.3 Å². The monoisotopic (exact) mass is 314 g/mol. The summed E-state index contributed by atoms with van der Waals surface area (Å²) in [5.41, 5.74) is -0.394. The Morgan fingerprint density at radius 2 is 2.14 bits per heavy atom. The van der Waals surface area contributed by atoms with Crippen LogP contribution in [0.4, 0.5) is 13.2 Å². The summed E-state index contributed by atoms with van der Waals surface area (Å²) in [5.74, 6) is 0. The van der Waals surface area contributed by atoms with Crippen LogP contribution in [-0.4, -0.2) is 11.5 Å². The normalized spacial score (nSPS) is 13.3. The van der Waals surface area contributed by atoms with Gasteiger partial charge in [0.05, 0.1) is 5.56 Å². The number of hydrogen-bond donors (Lipinski definition) is 1. The lowest BCUT2D eigenvalue weighted by Gasteiger charge is -2.22. The summed E-state index contributed by atoms with van der Waals surface area (Å²) in [6.45, 7) is 2.66. The van der Waals surface area contributed by atoms with Gasteiger partial charge in [0.2, 0.25) is 0 Å². The van der Waals surface area contributed by atoms with Gasteiger partial charge in [0.1, 0.15) is 0 Å². The molecule has 0 radical (unpaired) electrons. The SMILES string of the molecule is CCCNC(Cc1cccs1)c1cnccc1C(F)(F)F. The Hall–Kier alpha value is -1.40. The van der Waals surface area contributed by atoms with Gasteiger partial charge >= 0.3 is 6.18 Å². The number of nitrogens with zero attached hydrogens (tertiary/aromatic N) is 1. The molecular weight excluding hydrogens is 297 g/mol. The smallest absolute Gasteiger partial charge is 0.310 e. The molecule has 0 fully saturated rings. The van der Waals surface area contributed by atoms with Crippen LogP contribution in [0.5, 0.6) is 0 Å². The van der Waals surface area contributed by atoms with Crippen molar-refractivity contribution in [2.45, 2.75) is 32.0 Å². The Labute approximate surface area is 126 Å². The molecule has 114 valence electrons. The minimum absolute atomic E-state index is 0.215. The average Bonchev–Trinajstić information content (AvgIpc) is 2.95. The molecule has 6 heteroatoms. The van der Waals surface area contributed by atoms with E-state index >= 15 is 0 Å². The maximum absolute atomic E-state index is 13.2. The van der Waals surface area contributed by atoms with Crippen molar-refractivity contribution in [2.75, 3.05) is 6.54 Å². The molecule has 1 unspecified atom stereocenters. The van der Waals surface area contributed by atoms with Crippen molar-refractivity contribution in [3.05, 3.63) is 52.0 Å². The fraction of sp³-hybridized carbons (Fsp3) is 0.400. The fourth-order valence-electron chi connectivity index (χ4n) is 2.18. The summed E-state index contributed by atoms with van der Waals surface area (Å²) >= 11 is 1.55. The van der Waals surface area contributed by atoms with Crippen LogP contribution in [0.2, 0.25) is 0 Å². The molecule has 0 aliphatic rings. The van der Waals surface area contributed by atoms with Crippen LogP contribution in [0.1, 0.15) is 35.4 Å². The Balaban J connectivity index is 2.32. The van der Waals surface area contributed by atoms with Crippen molar-refractivity contribution in [3.8, 4) is 0 Å². The van der Waals surface area contributed by atoms with E-state index in [0.717, 1.165) is 17.4 Å². The zero-order valence-electron chi connectivity index (χ0n) is 11.7. The number of aromatic nitrogens is 1. The Kier molecular flexibility index (Phi) is 5.36. The van der Waals surface area contributed by atoms with Crippen molar-refractivity contribution in [1.29, 1.82) is 0 Å². The topological polar surface area (TPSA) is 24.9 Å². The summed E-state index contributed by atoms with van der Waals surface area (Å²) in [5, 5.41) is 5.13. The molecule has 2 nitrogen and oxygen atoms in total. The quantitative estimate of drug-likeness (QED) is 0.852. The van der Waals surface area contributed by atoms with Gasteiger partial charge in [-0.05, 0) is 36.0 Å². The van der Waals surface area contributed by atoms with E-state index in [-0.39, 0.29) is 11.6 Å².